The molecule has 0 saturated carbocycles. The normalized spacial score (nSPS) is 14.8. The second-order valence-corrected chi connectivity index (χ2v) is 3.89. The zero-order valence-electron chi connectivity index (χ0n) is 8.59. The van der Waals surface area contributed by atoms with Gasteiger partial charge in [0, 0.05) is 19.3 Å². The van der Waals surface area contributed by atoms with Crippen LogP contribution in [-0.4, -0.2) is 32.0 Å². The van der Waals surface area contributed by atoms with E-state index in [2.05, 4.69) is 0 Å². The summed E-state index contributed by atoms with van der Waals surface area (Å²) in [5, 5.41) is 0. The number of ether oxygens (including phenoxy) is 2. The third kappa shape index (κ3) is 7.98. The van der Waals surface area contributed by atoms with Gasteiger partial charge < -0.3 is 15.2 Å². The van der Waals surface area contributed by atoms with Crippen molar-refractivity contribution >= 4 is 0 Å². The first kappa shape index (κ1) is 11.9. The molecular weight excluding hydrogens is 154 g/mol. The minimum Gasteiger partial charge on any atom is -0.385 e. The Bertz CT molecular complexity index is 110. The van der Waals surface area contributed by atoms with E-state index < -0.39 is 0 Å². The number of hydrogen-bond acceptors (Lipinski definition) is 3. The van der Waals surface area contributed by atoms with Crippen molar-refractivity contribution in [3.63, 3.8) is 0 Å². The van der Waals surface area contributed by atoms with Crippen molar-refractivity contribution in [3.05, 3.63) is 0 Å². The van der Waals surface area contributed by atoms with Crippen LogP contribution in [0.15, 0.2) is 0 Å². The molecule has 0 aliphatic rings. The Labute approximate surface area is 75.2 Å². The Morgan fingerprint density at radius 3 is 2.42 bits per heavy atom. The lowest BCUT2D eigenvalue weighted by Crippen LogP contribution is -2.38. The van der Waals surface area contributed by atoms with Crippen molar-refractivity contribution < 1.29 is 9.47 Å². The van der Waals surface area contributed by atoms with Crippen molar-refractivity contribution in [1.82, 2.24) is 0 Å². The van der Waals surface area contributed by atoms with Crippen molar-refractivity contribution in [2.75, 3.05) is 20.3 Å². The van der Waals surface area contributed by atoms with E-state index in [-0.39, 0.29) is 11.6 Å². The molecule has 1 atom stereocenters. The van der Waals surface area contributed by atoms with Gasteiger partial charge in [-0.15, -0.1) is 0 Å². The van der Waals surface area contributed by atoms with Crippen LogP contribution in [0.5, 0.6) is 0 Å². The lowest BCUT2D eigenvalue weighted by atomic mass is 10.1. The molecule has 0 fully saturated rings. The molecule has 1 unspecified atom stereocenters. The van der Waals surface area contributed by atoms with Crippen LogP contribution in [0.3, 0.4) is 0 Å². The van der Waals surface area contributed by atoms with Gasteiger partial charge in [-0.2, -0.15) is 0 Å². The maximum Gasteiger partial charge on any atom is 0.0644 e. The van der Waals surface area contributed by atoms with Gasteiger partial charge >= 0.3 is 0 Å². The van der Waals surface area contributed by atoms with Crippen LogP contribution in [0.25, 0.3) is 0 Å². The summed E-state index contributed by atoms with van der Waals surface area (Å²) in [4.78, 5) is 0. The highest BCUT2D eigenvalue weighted by atomic mass is 16.5. The quantitative estimate of drug-likeness (QED) is 0.659. The molecule has 0 heterocycles. The maximum atomic E-state index is 5.76. The summed E-state index contributed by atoms with van der Waals surface area (Å²) >= 11 is 0. The van der Waals surface area contributed by atoms with Gasteiger partial charge in [-0.05, 0) is 27.2 Å². The lowest BCUT2D eigenvalue weighted by Gasteiger charge is -2.21. The molecule has 0 rings (SSSR count). The standard InChI is InChI=1S/C9H21NO2/c1-8(5-6-11-4)12-7-9(2,3)10/h8H,5-7,10H2,1-4H3. The molecule has 0 saturated heterocycles. The van der Waals surface area contributed by atoms with E-state index in [1.54, 1.807) is 7.11 Å². The van der Waals surface area contributed by atoms with E-state index in [9.17, 15) is 0 Å². The smallest absolute Gasteiger partial charge is 0.0644 e. The predicted molar refractivity (Wildman–Crippen MR) is 50.2 cm³/mol. The summed E-state index contributed by atoms with van der Waals surface area (Å²) < 4.78 is 10.4. The molecule has 0 aliphatic carbocycles. The molecule has 0 aromatic heterocycles. The van der Waals surface area contributed by atoms with E-state index in [0.717, 1.165) is 13.0 Å². The number of rotatable bonds is 6. The molecule has 0 amide bonds. The van der Waals surface area contributed by atoms with Crippen LogP contribution >= 0.6 is 0 Å². The molecule has 3 heteroatoms. The minimum atomic E-state index is -0.235. The summed E-state index contributed by atoms with van der Waals surface area (Å²) in [7, 11) is 1.69. The second kappa shape index (κ2) is 5.51. The van der Waals surface area contributed by atoms with Gasteiger partial charge in [0.2, 0.25) is 0 Å². The van der Waals surface area contributed by atoms with Crippen LogP contribution in [0.2, 0.25) is 0 Å². The fraction of sp³-hybridized carbons (Fsp3) is 1.00. The molecule has 3 nitrogen and oxygen atoms in total. The number of nitrogens with two attached hydrogens (primary N) is 1. The first-order chi connectivity index (χ1) is 5.45. The second-order valence-electron chi connectivity index (χ2n) is 3.89. The fourth-order valence-corrected chi connectivity index (χ4v) is 0.724. The van der Waals surface area contributed by atoms with Gasteiger partial charge in [0.05, 0.1) is 12.7 Å². The van der Waals surface area contributed by atoms with Crippen molar-refractivity contribution in [2.24, 2.45) is 5.73 Å². The van der Waals surface area contributed by atoms with Gasteiger partial charge in [-0.3, -0.25) is 0 Å². The SMILES string of the molecule is COCCC(C)OCC(C)(C)N. The molecule has 74 valence electrons. The van der Waals surface area contributed by atoms with Crippen molar-refractivity contribution in [3.8, 4) is 0 Å². The Kier molecular flexibility index (Phi) is 5.46. The Morgan fingerprint density at radius 1 is 1.42 bits per heavy atom. The molecule has 12 heavy (non-hydrogen) atoms. The number of hydrogen-bond donors (Lipinski definition) is 1. The van der Waals surface area contributed by atoms with E-state index in [4.69, 9.17) is 15.2 Å². The van der Waals surface area contributed by atoms with E-state index in [0.29, 0.717) is 6.61 Å². The molecule has 0 spiro atoms. The minimum absolute atomic E-state index is 0.229. The lowest BCUT2D eigenvalue weighted by molar-refractivity contribution is 0.0195. The van der Waals surface area contributed by atoms with Gasteiger partial charge in [0.1, 0.15) is 0 Å². The highest BCUT2D eigenvalue weighted by molar-refractivity contribution is 4.70. The van der Waals surface area contributed by atoms with E-state index in [1.165, 1.54) is 0 Å². The highest BCUT2D eigenvalue weighted by Crippen LogP contribution is 2.03. The molecule has 0 radical (unpaired) electrons. The first-order valence-corrected chi connectivity index (χ1v) is 4.35. The summed E-state index contributed by atoms with van der Waals surface area (Å²) in [6.07, 6.45) is 1.15. The molecular formula is C9H21NO2. The number of methoxy groups -OCH3 is 1. The van der Waals surface area contributed by atoms with Gasteiger partial charge in [-0.1, -0.05) is 0 Å². The monoisotopic (exact) mass is 175 g/mol. The molecule has 0 bridgehead atoms. The average Bonchev–Trinajstić information content (AvgIpc) is 1.95. The first-order valence-electron chi connectivity index (χ1n) is 4.35. The van der Waals surface area contributed by atoms with Crippen molar-refractivity contribution in [2.45, 2.75) is 38.8 Å². The zero-order chi connectivity index (χ0) is 9.61. The zero-order valence-corrected chi connectivity index (χ0v) is 8.59. The molecule has 0 aromatic carbocycles. The van der Waals surface area contributed by atoms with E-state index in [1.807, 2.05) is 20.8 Å². The van der Waals surface area contributed by atoms with Crippen LogP contribution in [0.4, 0.5) is 0 Å². The van der Waals surface area contributed by atoms with Crippen LogP contribution in [0, 0.1) is 0 Å². The predicted octanol–water partition coefficient (Wildman–Crippen LogP) is 1.17. The third-order valence-electron chi connectivity index (χ3n) is 1.47. The maximum absolute atomic E-state index is 5.76. The Hall–Kier alpha value is -0.120. The Balaban J connectivity index is 3.37. The van der Waals surface area contributed by atoms with Gasteiger partial charge in [-0.25, -0.2) is 0 Å². The summed E-state index contributed by atoms with van der Waals surface area (Å²) in [6, 6.07) is 0. The van der Waals surface area contributed by atoms with Gasteiger partial charge in [0.15, 0.2) is 0 Å². The van der Waals surface area contributed by atoms with Crippen LogP contribution in [-0.2, 0) is 9.47 Å². The molecule has 2 N–H and O–H groups in total. The molecule has 0 aliphatic heterocycles. The van der Waals surface area contributed by atoms with Crippen LogP contribution in [0.1, 0.15) is 27.2 Å². The molecule has 0 aromatic rings. The largest absolute Gasteiger partial charge is 0.385 e. The third-order valence-corrected chi connectivity index (χ3v) is 1.47. The topological polar surface area (TPSA) is 44.5 Å². The van der Waals surface area contributed by atoms with Crippen molar-refractivity contribution in [1.29, 1.82) is 0 Å². The Morgan fingerprint density at radius 2 is 2.00 bits per heavy atom. The highest BCUT2D eigenvalue weighted by Gasteiger charge is 2.12. The summed E-state index contributed by atoms with van der Waals surface area (Å²) in [5.41, 5.74) is 5.52. The fourth-order valence-electron chi connectivity index (χ4n) is 0.724. The van der Waals surface area contributed by atoms with E-state index >= 15 is 0 Å². The summed E-state index contributed by atoms with van der Waals surface area (Å²) in [6.45, 7) is 7.28. The average molecular weight is 175 g/mol. The van der Waals surface area contributed by atoms with Gasteiger partial charge in [0.25, 0.3) is 0 Å². The van der Waals surface area contributed by atoms with Crippen LogP contribution < -0.4 is 5.73 Å². The summed E-state index contributed by atoms with van der Waals surface area (Å²) in [5.74, 6) is 0.